The first kappa shape index (κ1) is 20.4. The number of hydrogen-bond acceptors (Lipinski definition) is 3. The number of sulfonamides is 1. The molecule has 0 fully saturated rings. The Bertz CT molecular complexity index is 1240. The van der Waals surface area contributed by atoms with Crippen molar-refractivity contribution in [2.24, 2.45) is 0 Å². The van der Waals surface area contributed by atoms with E-state index in [4.69, 9.17) is 11.6 Å². The molecule has 0 radical (unpaired) electrons. The van der Waals surface area contributed by atoms with Gasteiger partial charge >= 0.3 is 0 Å². The summed E-state index contributed by atoms with van der Waals surface area (Å²) in [7, 11) is -3.97. The number of fused-ring (bicyclic) bond motifs is 1. The number of hydrogen-bond donors (Lipinski definition) is 1. The Labute approximate surface area is 181 Å². The Balaban J connectivity index is 1.69. The lowest BCUT2D eigenvalue weighted by Gasteiger charge is -2.23. The number of para-hydroxylation sites is 1. The summed E-state index contributed by atoms with van der Waals surface area (Å²) in [5, 5.41) is 0.0570. The van der Waals surface area contributed by atoms with Crippen molar-refractivity contribution in [3.05, 3.63) is 88.4 Å². The molecule has 1 aliphatic rings. The quantitative estimate of drug-likeness (QED) is 0.618. The number of nitrogens with zero attached hydrogens (tertiary/aromatic N) is 1. The molecule has 0 bridgehead atoms. The molecule has 0 aromatic heterocycles. The van der Waals surface area contributed by atoms with E-state index >= 15 is 0 Å². The number of benzene rings is 3. The summed E-state index contributed by atoms with van der Waals surface area (Å²) < 4.78 is 28.5. The molecule has 7 heteroatoms. The average Bonchev–Trinajstić information content (AvgIpc) is 3.03. The highest BCUT2D eigenvalue weighted by Crippen LogP contribution is 2.34. The van der Waals surface area contributed by atoms with E-state index in [9.17, 15) is 13.2 Å². The zero-order chi connectivity index (χ0) is 21.5. The molecule has 0 spiro atoms. The van der Waals surface area contributed by atoms with Gasteiger partial charge in [0, 0.05) is 23.0 Å². The minimum Gasteiger partial charge on any atom is -0.305 e. The lowest BCUT2D eigenvalue weighted by atomic mass is 10.1. The average molecular weight is 441 g/mol. The van der Waals surface area contributed by atoms with Crippen LogP contribution < -0.4 is 9.62 Å². The van der Waals surface area contributed by atoms with Gasteiger partial charge in [-0.05, 0) is 67.8 Å². The zero-order valence-corrected chi connectivity index (χ0v) is 18.2. The number of anilines is 2. The lowest BCUT2D eigenvalue weighted by Crippen LogP contribution is -2.35. The number of aryl methyl sites for hydroxylation is 1. The first-order chi connectivity index (χ1) is 14.3. The van der Waals surface area contributed by atoms with Crippen molar-refractivity contribution in [1.29, 1.82) is 0 Å². The van der Waals surface area contributed by atoms with Crippen LogP contribution >= 0.6 is 11.6 Å². The van der Waals surface area contributed by atoms with Gasteiger partial charge in [0.15, 0.2) is 0 Å². The SMILES string of the molecule is Cc1cccc(NS(=O)(=O)c2cc(C(=O)N3c4ccccc4CC3C)ccc2Cl)c1. The van der Waals surface area contributed by atoms with Crippen molar-refractivity contribution in [2.75, 3.05) is 9.62 Å². The van der Waals surface area contributed by atoms with E-state index in [0.717, 1.165) is 23.2 Å². The maximum absolute atomic E-state index is 13.3. The van der Waals surface area contributed by atoms with Crippen LogP contribution in [0.3, 0.4) is 0 Å². The summed E-state index contributed by atoms with van der Waals surface area (Å²) in [6.07, 6.45) is 0.759. The molecule has 1 aliphatic heterocycles. The second-order valence-electron chi connectivity index (χ2n) is 7.48. The first-order valence-electron chi connectivity index (χ1n) is 9.57. The minimum absolute atomic E-state index is 0.0175. The second kappa shape index (κ2) is 7.78. The molecule has 4 rings (SSSR count). The maximum Gasteiger partial charge on any atom is 0.263 e. The maximum atomic E-state index is 13.3. The fourth-order valence-electron chi connectivity index (χ4n) is 3.78. The fraction of sp³-hybridized carbons (Fsp3) is 0.174. The number of nitrogens with one attached hydrogen (secondary N) is 1. The van der Waals surface area contributed by atoms with Crippen molar-refractivity contribution in [3.63, 3.8) is 0 Å². The van der Waals surface area contributed by atoms with E-state index in [0.29, 0.717) is 5.69 Å². The van der Waals surface area contributed by atoms with Crippen LogP contribution in [0.2, 0.25) is 5.02 Å². The van der Waals surface area contributed by atoms with E-state index in [1.165, 1.54) is 12.1 Å². The Morgan fingerprint density at radius 3 is 2.60 bits per heavy atom. The highest BCUT2D eigenvalue weighted by atomic mass is 35.5. The smallest absolute Gasteiger partial charge is 0.263 e. The largest absolute Gasteiger partial charge is 0.305 e. The van der Waals surface area contributed by atoms with Gasteiger partial charge in [0.25, 0.3) is 15.9 Å². The third-order valence-corrected chi connectivity index (χ3v) is 7.03. The van der Waals surface area contributed by atoms with Crippen LogP contribution in [0.15, 0.2) is 71.6 Å². The van der Waals surface area contributed by atoms with Crippen LogP contribution in [-0.4, -0.2) is 20.4 Å². The van der Waals surface area contributed by atoms with Gasteiger partial charge in [-0.15, -0.1) is 0 Å². The number of rotatable bonds is 4. The predicted molar refractivity (Wildman–Crippen MR) is 120 cm³/mol. The number of carbonyl (C=O) groups excluding carboxylic acids is 1. The summed E-state index contributed by atoms with van der Waals surface area (Å²) in [4.78, 5) is 14.9. The van der Waals surface area contributed by atoms with Crippen LogP contribution in [-0.2, 0) is 16.4 Å². The Hall–Kier alpha value is -2.83. The number of halogens is 1. The topological polar surface area (TPSA) is 66.5 Å². The second-order valence-corrected chi connectivity index (χ2v) is 9.54. The van der Waals surface area contributed by atoms with Crippen LogP contribution in [0.1, 0.15) is 28.4 Å². The van der Waals surface area contributed by atoms with Crippen molar-refractivity contribution in [3.8, 4) is 0 Å². The molecular formula is C23H21ClN2O3S. The molecule has 154 valence electrons. The van der Waals surface area contributed by atoms with Crippen molar-refractivity contribution >= 4 is 38.9 Å². The lowest BCUT2D eigenvalue weighted by molar-refractivity contribution is 0.0981. The van der Waals surface area contributed by atoms with Gasteiger partial charge in [-0.2, -0.15) is 0 Å². The van der Waals surface area contributed by atoms with Gasteiger partial charge in [-0.25, -0.2) is 8.42 Å². The van der Waals surface area contributed by atoms with Crippen LogP contribution in [0.25, 0.3) is 0 Å². The first-order valence-corrected chi connectivity index (χ1v) is 11.4. The molecule has 1 atom stereocenters. The van der Waals surface area contributed by atoms with E-state index in [1.54, 1.807) is 29.2 Å². The van der Waals surface area contributed by atoms with Gasteiger partial charge in [-0.3, -0.25) is 9.52 Å². The Morgan fingerprint density at radius 1 is 1.07 bits per heavy atom. The minimum atomic E-state index is -3.97. The molecule has 30 heavy (non-hydrogen) atoms. The predicted octanol–water partition coefficient (Wildman–Crippen LogP) is 5.04. The standard InChI is InChI=1S/C23H21ClN2O3S/c1-15-6-5-8-19(12-15)25-30(28,29)22-14-18(10-11-20(22)24)23(27)26-16(2)13-17-7-3-4-9-21(17)26/h3-12,14,16,25H,13H2,1-2H3. The summed E-state index contributed by atoms with van der Waals surface area (Å²) in [5.41, 5.74) is 3.58. The van der Waals surface area contributed by atoms with Crippen molar-refractivity contribution < 1.29 is 13.2 Å². The normalized spacial score (nSPS) is 15.7. The molecule has 1 unspecified atom stereocenters. The molecular weight excluding hydrogens is 420 g/mol. The summed E-state index contributed by atoms with van der Waals surface area (Å²) >= 11 is 6.21. The van der Waals surface area contributed by atoms with E-state index in [2.05, 4.69) is 4.72 Å². The number of amides is 1. The third kappa shape index (κ3) is 3.80. The summed E-state index contributed by atoms with van der Waals surface area (Å²) in [6.45, 7) is 3.85. The Morgan fingerprint density at radius 2 is 1.83 bits per heavy atom. The molecule has 3 aromatic rings. The molecule has 1 N–H and O–H groups in total. The fourth-order valence-corrected chi connectivity index (χ4v) is 5.35. The molecule has 0 saturated carbocycles. The van der Waals surface area contributed by atoms with E-state index in [1.807, 2.05) is 44.2 Å². The van der Waals surface area contributed by atoms with E-state index in [-0.39, 0.29) is 27.4 Å². The van der Waals surface area contributed by atoms with Crippen LogP contribution in [0, 0.1) is 6.92 Å². The Kier molecular flexibility index (Phi) is 5.30. The molecule has 1 amide bonds. The molecule has 0 aliphatic carbocycles. The molecule has 0 saturated heterocycles. The van der Waals surface area contributed by atoms with Gasteiger partial charge in [0.1, 0.15) is 4.90 Å². The molecule has 5 nitrogen and oxygen atoms in total. The summed E-state index contributed by atoms with van der Waals surface area (Å²) in [5.74, 6) is -0.254. The number of carbonyl (C=O) groups is 1. The van der Waals surface area contributed by atoms with Gasteiger partial charge in [0.05, 0.1) is 5.02 Å². The van der Waals surface area contributed by atoms with Crippen LogP contribution in [0.4, 0.5) is 11.4 Å². The van der Waals surface area contributed by atoms with Crippen molar-refractivity contribution in [2.45, 2.75) is 31.2 Å². The monoisotopic (exact) mass is 440 g/mol. The zero-order valence-electron chi connectivity index (χ0n) is 16.6. The van der Waals surface area contributed by atoms with Gasteiger partial charge < -0.3 is 4.90 Å². The van der Waals surface area contributed by atoms with Crippen molar-refractivity contribution in [1.82, 2.24) is 0 Å². The summed E-state index contributed by atoms with van der Waals surface area (Å²) in [6, 6.07) is 19.1. The third-order valence-electron chi connectivity index (χ3n) is 5.16. The van der Waals surface area contributed by atoms with E-state index < -0.39 is 10.0 Å². The molecule has 1 heterocycles. The highest BCUT2D eigenvalue weighted by Gasteiger charge is 2.32. The van der Waals surface area contributed by atoms with Crippen LogP contribution in [0.5, 0.6) is 0 Å². The van der Waals surface area contributed by atoms with Gasteiger partial charge in [-0.1, -0.05) is 41.9 Å². The molecule has 3 aromatic carbocycles. The highest BCUT2D eigenvalue weighted by molar-refractivity contribution is 7.92. The van der Waals surface area contributed by atoms with Gasteiger partial charge in [0.2, 0.25) is 0 Å².